The summed E-state index contributed by atoms with van der Waals surface area (Å²) in [6.07, 6.45) is -4.31. The van der Waals surface area contributed by atoms with Crippen LogP contribution in [0.5, 0.6) is 0 Å². The molecule has 0 saturated heterocycles. The van der Waals surface area contributed by atoms with Crippen LogP contribution in [0, 0.1) is 11.3 Å². The number of fused-ring (bicyclic) bond motifs is 1. The van der Waals surface area contributed by atoms with E-state index in [1.807, 2.05) is 6.07 Å². The lowest BCUT2D eigenvalue weighted by Gasteiger charge is -2.16. The van der Waals surface area contributed by atoms with Crippen LogP contribution in [0.3, 0.4) is 0 Å². The molecule has 0 spiro atoms. The van der Waals surface area contributed by atoms with Gasteiger partial charge >= 0.3 is 6.18 Å². The van der Waals surface area contributed by atoms with Crippen molar-refractivity contribution in [2.45, 2.75) is 43.9 Å². The third-order valence-corrected chi connectivity index (χ3v) is 6.21. The highest BCUT2D eigenvalue weighted by Crippen LogP contribution is 2.32. The Morgan fingerprint density at radius 3 is 2.43 bits per heavy atom. The first-order valence-corrected chi connectivity index (χ1v) is 10.6. The number of alkyl halides is 3. The van der Waals surface area contributed by atoms with Crippen molar-refractivity contribution >= 4 is 21.1 Å². The van der Waals surface area contributed by atoms with Crippen LogP contribution in [0.25, 0.3) is 11.0 Å². The van der Waals surface area contributed by atoms with Crippen LogP contribution >= 0.6 is 0 Å². The molecule has 1 aromatic heterocycles. The van der Waals surface area contributed by atoms with E-state index in [2.05, 4.69) is 9.71 Å². The molecule has 0 radical (unpaired) electrons. The van der Waals surface area contributed by atoms with Crippen molar-refractivity contribution in [3.8, 4) is 6.07 Å². The highest BCUT2D eigenvalue weighted by molar-refractivity contribution is 7.89. The summed E-state index contributed by atoms with van der Waals surface area (Å²) in [4.78, 5) is 4.38. The largest absolute Gasteiger partial charge is 0.416 e. The lowest BCUT2D eigenvalue weighted by Crippen LogP contribution is -2.28. The van der Waals surface area contributed by atoms with Gasteiger partial charge in [-0.1, -0.05) is 12.1 Å². The normalized spacial score (nSPS) is 13.3. The molecule has 0 aliphatic rings. The van der Waals surface area contributed by atoms with Crippen LogP contribution in [-0.2, 0) is 29.2 Å². The maximum atomic E-state index is 13.1. The number of rotatable bonds is 6. The maximum Gasteiger partial charge on any atom is 0.416 e. The van der Waals surface area contributed by atoms with Crippen molar-refractivity contribution in [2.75, 3.05) is 0 Å². The summed E-state index contributed by atoms with van der Waals surface area (Å²) < 4.78 is 68.7. The summed E-state index contributed by atoms with van der Waals surface area (Å²) in [6, 6.07) is 10.4. The number of nitriles is 1. The third-order valence-electron chi connectivity index (χ3n) is 4.66. The molecule has 30 heavy (non-hydrogen) atoms. The van der Waals surface area contributed by atoms with Gasteiger partial charge in [-0.3, -0.25) is 0 Å². The zero-order valence-corrected chi connectivity index (χ0v) is 17.0. The van der Waals surface area contributed by atoms with E-state index in [4.69, 9.17) is 5.26 Å². The van der Waals surface area contributed by atoms with Crippen LogP contribution in [0.15, 0.2) is 47.4 Å². The van der Waals surface area contributed by atoms with Crippen LogP contribution in [-0.4, -0.2) is 18.0 Å². The van der Waals surface area contributed by atoms with Gasteiger partial charge in [-0.2, -0.15) is 18.4 Å². The van der Waals surface area contributed by atoms with Gasteiger partial charge in [0.1, 0.15) is 5.82 Å². The average Bonchev–Trinajstić information content (AvgIpc) is 3.05. The molecule has 0 aliphatic heterocycles. The zero-order valence-electron chi connectivity index (χ0n) is 16.2. The van der Waals surface area contributed by atoms with Gasteiger partial charge in [-0.15, -0.1) is 0 Å². The fourth-order valence-corrected chi connectivity index (χ4v) is 4.41. The number of hydrogen-bond acceptors (Lipinski definition) is 4. The van der Waals surface area contributed by atoms with Crippen molar-refractivity contribution in [3.05, 3.63) is 59.4 Å². The number of hydrogen-bond donors (Lipinski definition) is 1. The van der Waals surface area contributed by atoms with Gasteiger partial charge in [0.15, 0.2) is 0 Å². The number of aromatic nitrogens is 2. The van der Waals surface area contributed by atoms with Crippen LogP contribution in [0.2, 0.25) is 0 Å². The van der Waals surface area contributed by atoms with Crippen LogP contribution in [0.1, 0.15) is 36.8 Å². The summed E-state index contributed by atoms with van der Waals surface area (Å²) >= 11 is 0. The maximum absolute atomic E-state index is 13.1. The van der Waals surface area contributed by atoms with E-state index < -0.39 is 27.8 Å². The number of aryl methyl sites for hydroxylation is 1. The molecule has 158 valence electrons. The van der Waals surface area contributed by atoms with Gasteiger partial charge in [0.25, 0.3) is 0 Å². The lowest BCUT2D eigenvalue weighted by atomic mass is 10.2. The molecule has 1 atom stereocenters. The lowest BCUT2D eigenvalue weighted by molar-refractivity contribution is -0.137. The van der Waals surface area contributed by atoms with E-state index in [0.717, 1.165) is 12.1 Å². The predicted octanol–water partition coefficient (Wildman–Crippen LogP) is 4.18. The highest BCUT2D eigenvalue weighted by Gasteiger charge is 2.31. The quantitative estimate of drug-likeness (QED) is 0.628. The Kier molecular flexibility index (Phi) is 5.87. The van der Waals surface area contributed by atoms with E-state index in [-0.39, 0.29) is 16.8 Å². The Hall–Kier alpha value is -2.90. The molecule has 6 nitrogen and oxygen atoms in total. The van der Waals surface area contributed by atoms with Crippen LogP contribution < -0.4 is 4.72 Å². The zero-order chi connectivity index (χ0) is 22.1. The topological polar surface area (TPSA) is 87.8 Å². The van der Waals surface area contributed by atoms with Crippen molar-refractivity contribution in [3.63, 3.8) is 0 Å². The standard InChI is InChI=1S/C20H19F3N4O2S/c1-3-27-18-12-15(20(21,22)23)6-9-17(18)25-19(27)13(2)26-30(28,29)16-7-4-14(5-8-16)10-11-24/h4-9,12-13,26H,3,10H2,1-2H3. The number of nitrogens with one attached hydrogen (secondary N) is 1. The van der Waals surface area contributed by atoms with Crippen molar-refractivity contribution < 1.29 is 21.6 Å². The molecule has 1 N–H and O–H groups in total. The van der Waals surface area contributed by atoms with Crippen LogP contribution in [0.4, 0.5) is 13.2 Å². The molecule has 0 bridgehead atoms. The molecule has 1 unspecified atom stereocenters. The van der Waals surface area contributed by atoms with E-state index in [0.29, 0.717) is 23.4 Å². The first-order chi connectivity index (χ1) is 14.1. The Balaban J connectivity index is 1.94. The SMILES string of the molecule is CCn1c(C(C)NS(=O)(=O)c2ccc(CC#N)cc2)nc2ccc(C(F)(F)F)cc21. The molecule has 0 aliphatic carbocycles. The summed E-state index contributed by atoms with van der Waals surface area (Å²) in [7, 11) is -3.90. The molecule has 10 heteroatoms. The van der Waals surface area contributed by atoms with Gasteiger partial charge in [0.05, 0.1) is 40.0 Å². The minimum Gasteiger partial charge on any atom is -0.327 e. The smallest absolute Gasteiger partial charge is 0.327 e. The number of sulfonamides is 1. The molecule has 3 rings (SSSR count). The monoisotopic (exact) mass is 436 g/mol. The first kappa shape index (κ1) is 21.8. The second-order valence-corrected chi connectivity index (χ2v) is 8.45. The van der Waals surface area contributed by atoms with E-state index in [1.54, 1.807) is 30.5 Å². The number of benzene rings is 2. The Morgan fingerprint density at radius 2 is 1.87 bits per heavy atom. The molecule has 0 amide bonds. The molecule has 0 saturated carbocycles. The number of halogens is 3. The first-order valence-electron chi connectivity index (χ1n) is 9.12. The molecule has 2 aromatic carbocycles. The minimum atomic E-state index is -4.48. The summed E-state index contributed by atoms with van der Waals surface area (Å²) in [5, 5.41) is 8.71. The Morgan fingerprint density at radius 1 is 1.20 bits per heavy atom. The van der Waals surface area contributed by atoms with Gasteiger partial charge in [-0.25, -0.2) is 18.1 Å². The molecule has 1 heterocycles. The van der Waals surface area contributed by atoms with Gasteiger partial charge in [0.2, 0.25) is 10.0 Å². The summed E-state index contributed by atoms with van der Waals surface area (Å²) in [6.45, 7) is 3.65. The van der Waals surface area contributed by atoms with E-state index >= 15 is 0 Å². The molecule has 3 aromatic rings. The predicted molar refractivity (Wildman–Crippen MR) is 105 cm³/mol. The molecular weight excluding hydrogens is 417 g/mol. The Labute approximate surface area is 172 Å². The minimum absolute atomic E-state index is 0.0227. The fraction of sp³-hybridized carbons (Fsp3) is 0.300. The van der Waals surface area contributed by atoms with E-state index in [1.165, 1.54) is 18.2 Å². The van der Waals surface area contributed by atoms with Gasteiger partial charge in [0, 0.05) is 6.54 Å². The van der Waals surface area contributed by atoms with Gasteiger partial charge in [-0.05, 0) is 49.7 Å². The van der Waals surface area contributed by atoms with Crippen molar-refractivity contribution in [1.82, 2.24) is 14.3 Å². The second kappa shape index (κ2) is 8.08. The van der Waals surface area contributed by atoms with Crippen molar-refractivity contribution in [1.29, 1.82) is 5.26 Å². The molecular formula is C20H19F3N4O2S. The number of imidazole rings is 1. The van der Waals surface area contributed by atoms with Crippen molar-refractivity contribution in [2.24, 2.45) is 0 Å². The van der Waals surface area contributed by atoms with Gasteiger partial charge < -0.3 is 4.57 Å². The third kappa shape index (κ3) is 4.32. The number of nitrogens with zero attached hydrogens (tertiary/aromatic N) is 3. The fourth-order valence-electron chi connectivity index (χ4n) is 3.21. The van der Waals surface area contributed by atoms with E-state index in [9.17, 15) is 21.6 Å². The highest BCUT2D eigenvalue weighted by atomic mass is 32.2. The molecule has 0 fully saturated rings. The summed E-state index contributed by atoms with van der Waals surface area (Å²) in [5.74, 6) is 0.316. The summed E-state index contributed by atoms with van der Waals surface area (Å²) in [5.41, 5.74) is 0.542. The Bertz CT molecular complexity index is 1210. The second-order valence-electron chi connectivity index (χ2n) is 6.74. The average molecular weight is 436 g/mol.